The molecule has 0 saturated carbocycles. The lowest BCUT2D eigenvalue weighted by atomic mass is 10.1. The number of benzene rings is 2. The van der Waals surface area contributed by atoms with E-state index in [1.165, 1.54) is 0 Å². The highest BCUT2D eigenvalue weighted by Gasteiger charge is 2.22. The predicted octanol–water partition coefficient (Wildman–Crippen LogP) is 3.56. The van der Waals surface area contributed by atoms with Gasteiger partial charge in [0.1, 0.15) is 12.4 Å². The number of β-amino-alcohol motifs (C(OH)–C–C–N with tert-alkyl or cyclic N) is 1. The third kappa shape index (κ3) is 3.71. The zero-order valence-electron chi connectivity index (χ0n) is 15.2. The fraction of sp³-hybridized carbons (Fsp3) is 0.273. The van der Waals surface area contributed by atoms with Crippen LogP contribution in [0.4, 0.5) is 5.69 Å². The molecule has 5 nitrogen and oxygen atoms in total. The van der Waals surface area contributed by atoms with Crippen molar-refractivity contribution in [3.63, 3.8) is 0 Å². The molecule has 136 valence electrons. The van der Waals surface area contributed by atoms with Gasteiger partial charge in [0.2, 0.25) is 0 Å². The fourth-order valence-corrected chi connectivity index (χ4v) is 3.47. The summed E-state index contributed by atoms with van der Waals surface area (Å²) in [5.74, 6) is 0.761. The average molecular weight is 359 g/mol. The summed E-state index contributed by atoms with van der Waals surface area (Å²) in [6.45, 7) is 3.94. The highest BCUT2D eigenvalue weighted by Crippen LogP contribution is 2.31. The number of hydrogen-bond donors (Lipinski definition) is 1. The Hall–Kier alpha value is -3.10. The van der Waals surface area contributed by atoms with Gasteiger partial charge in [0.05, 0.1) is 23.3 Å². The van der Waals surface area contributed by atoms with Crippen molar-refractivity contribution in [3.8, 4) is 11.8 Å². The number of fused-ring (bicyclic) bond motifs is 1. The van der Waals surface area contributed by atoms with Crippen LogP contribution in [0.3, 0.4) is 0 Å². The number of aromatic nitrogens is 1. The Morgan fingerprint density at radius 3 is 2.74 bits per heavy atom. The van der Waals surface area contributed by atoms with Gasteiger partial charge >= 0.3 is 0 Å². The molecule has 1 N–H and O–H groups in total. The Morgan fingerprint density at radius 1 is 1.22 bits per heavy atom. The first-order chi connectivity index (χ1) is 13.1. The van der Waals surface area contributed by atoms with Crippen LogP contribution in [-0.4, -0.2) is 29.3 Å². The molecular formula is C22H21N3O2. The molecule has 1 fully saturated rings. The minimum atomic E-state index is -0.261. The standard InChI is InChI=1S/C22H21N3O2/c1-15-10-22(25-9-8-18(26)13-25)20-7-6-19(11-21(20)24-15)27-14-17-4-2-16(12-23)3-5-17/h2-7,10-11,18,26H,8-9,13-14H2,1H3/t18-/m1/s1. The summed E-state index contributed by atoms with van der Waals surface area (Å²) in [7, 11) is 0. The number of aliphatic hydroxyl groups excluding tert-OH is 1. The van der Waals surface area contributed by atoms with Gasteiger partial charge in [-0.3, -0.25) is 4.98 Å². The molecular weight excluding hydrogens is 338 g/mol. The summed E-state index contributed by atoms with van der Waals surface area (Å²) >= 11 is 0. The third-order valence-corrected chi connectivity index (χ3v) is 4.88. The van der Waals surface area contributed by atoms with Crippen molar-refractivity contribution in [3.05, 3.63) is 65.4 Å². The molecule has 3 aromatic rings. The number of nitriles is 1. The molecule has 0 bridgehead atoms. The monoisotopic (exact) mass is 359 g/mol. The number of aliphatic hydroxyl groups is 1. The minimum absolute atomic E-state index is 0.261. The maximum absolute atomic E-state index is 9.86. The molecule has 0 radical (unpaired) electrons. The van der Waals surface area contributed by atoms with Gasteiger partial charge in [-0.25, -0.2) is 0 Å². The molecule has 1 aliphatic heterocycles. The van der Waals surface area contributed by atoms with Gasteiger partial charge in [-0.2, -0.15) is 5.26 Å². The normalized spacial score (nSPS) is 16.5. The van der Waals surface area contributed by atoms with E-state index in [4.69, 9.17) is 10.00 Å². The average Bonchev–Trinajstić information content (AvgIpc) is 3.12. The SMILES string of the molecule is Cc1cc(N2CC[C@@H](O)C2)c2ccc(OCc3ccc(C#N)cc3)cc2n1. The number of nitrogens with zero attached hydrogens (tertiary/aromatic N) is 3. The van der Waals surface area contributed by atoms with Crippen LogP contribution in [0.2, 0.25) is 0 Å². The molecule has 0 spiro atoms. The van der Waals surface area contributed by atoms with Crippen molar-refractivity contribution in [2.24, 2.45) is 0 Å². The number of rotatable bonds is 4. The van der Waals surface area contributed by atoms with E-state index in [2.05, 4.69) is 22.0 Å². The Kier molecular flexibility index (Phi) is 4.66. The highest BCUT2D eigenvalue weighted by molar-refractivity contribution is 5.93. The molecule has 27 heavy (non-hydrogen) atoms. The van der Waals surface area contributed by atoms with Gasteiger partial charge < -0.3 is 14.7 Å². The van der Waals surface area contributed by atoms with Crippen LogP contribution in [-0.2, 0) is 6.61 Å². The zero-order chi connectivity index (χ0) is 18.8. The van der Waals surface area contributed by atoms with Crippen LogP contribution >= 0.6 is 0 Å². The lowest BCUT2D eigenvalue weighted by molar-refractivity contribution is 0.198. The second kappa shape index (κ2) is 7.26. The van der Waals surface area contributed by atoms with Gasteiger partial charge in [-0.15, -0.1) is 0 Å². The van der Waals surface area contributed by atoms with E-state index in [0.29, 0.717) is 18.7 Å². The number of hydrogen-bond acceptors (Lipinski definition) is 5. The van der Waals surface area contributed by atoms with E-state index >= 15 is 0 Å². The summed E-state index contributed by atoms with van der Waals surface area (Å²) in [6, 6.07) is 17.5. The second-order valence-corrected chi connectivity index (χ2v) is 6.95. The maximum Gasteiger partial charge on any atom is 0.122 e. The molecule has 2 heterocycles. The first-order valence-corrected chi connectivity index (χ1v) is 9.08. The highest BCUT2D eigenvalue weighted by atomic mass is 16.5. The molecule has 0 aliphatic carbocycles. The molecule has 0 unspecified atom stereocenters. The van der Waals surface area contributed by atoms with Gasteiger partial charge in [0, 0.05) is 35.9 Å². The molecule has 4 rings (SSSR count). The van der Waals surface area contributed by atoms with Gasteiger partial charge in [0.25, 0.3) is 0 Å². The lowest BCUT2D eigenvalue weighted by Gasteiger charge is -2.20. The van der Waals surface area contributed by atoms with Crippen molar-refractivity contribution < 1.29 is 9.84 Å². The van der Waals surface area contributed by atoms with Crippen molar-refractivity contribution in [2.45, 2.75) is 26.1 Å². The molecule has 1 saturated heterocycles. The summed E-state index contributed by atoms with van der Waals surface area (Å²) < 4.78 is 5.92. The number of pyridine rings is 1. The van der Waals surface area contributed by atoms with E-state index < -0.39 is 0 Å². The minimum Gasteiger partial charge on any atom is -0.489 e. The van der Waals surface area contributed by atoms with Gasteiger partial charge in [0.15, 0.2) is 0 Å². The molecule has 5 heteroatoms. The molecule has 0 amide bonds. The smallest absolute Gasteiger partial charge is 0.122 e. The first kappa shape index (κ1) is 17.3. The largest absolute Gasteiger partial charge is 0.489 e. The van der Waals surface area contributed by atoms with Crippen LogP contribution < -0.4 is 9.64 Å². The van der Waals surface area contributed by atoms with Crippen LogP contribution in [0.15, 0.2) is 48.5 Å². The molecule has 1 aliphatic rings. The van der Waals surface area contributed by atoms with Crippen LogP contribution in [0.5, 0.6) is 5.75 Å². The lowest BCUT2D eigenvalue weighted by Crippen LogP contribution is -2.21. The summed E-state index contributed by atoms with van der Waals surface area (Å²) in [6.07, 6.45) is 0.540. The van der Waals surface area contributed by atoms with Crippen molar-refractivity contribution >= 4 is 16.6 Å². The van der Waals surface area contributed by atoms with Crippen LogP contribution in [0.25, 0.3) is 10.9 Å². The number of anilines is 1. The van der Waals surface area contributed by atoms with E-state index in [9.17, 15) is 5.11 Å². The van der Waals surface area contributed by atoms with Crippen LogP contribution in [0.1, 0.15) is 23.2 Å². The summed E-state index contributed by atoms with van der Waals surface area (Å²) in [5, 5.41) is 19.8. The van der Waals surface area contributed by atoms with Crippen molar-refractivity contribution in [2.75, 3.05) is 18.0 Å². The Bertz CT molecular complexity index is 1010. The summed E-state index contributed by atoms with van der Waals surface area (Å²) in [5.41, 5.74) is 4.61. The van der Waals surface area contributed by atoms with Crippen molar-refractivity contribution in [1.82, 2.24) is 4.98 Å². The van der Waals surface area contributed by atoms with Crippen molar-refractivity contribution in [1.29, 1.82) is 5.26 Å². The Balaban J connectivity index is 1.57. The molecule has 1 atom stereocenters. The van der Waals surface area contributed by atoms with Crippen LogP contribution in [0, 0.1) is 18.3 Å². The molecule has 2 aromatic carbocycles. The predicted molar refractivity (Wildman–Crippen MR) is 105 cm³/mol. The van der Waals surface area contributed by atoms with E-state index in [1.807, 2.05) is 37.3 Å². The van der Waals surface area contributed by atoms with E-state index in [1.54, 1.807) is 12.1 Å². The molecule has 1 aromatic heterocycles. The Morgan fingerprint density at radius 2 is 2.04 bits per heavy atom. The first-order valence-electron chi connectivity index (χ1n) is 9.08. The van der Waals surface area contributed by atoms with E-state index in [-0.39, 0.29) is 6.10 Å². The Labute approximate surface area is 158 Å². The van der Waals surface area contributed by atoms with Gasteiger partial charge in [-0.05, 0) is 49.2 Å². The number of ether oxygens (including phenoxy) is 1. The fourth-order valence-electron chi connectivity index (χ4n) is 3.47. The van der Waals surface area contributed by atoms with Gasteiger partial charge in [-0.1, -0.05) is 12.1 Å². The second-order valence-electron chi connectivity index (χ2n) is 6.95. The van der Waals surface area contributed by atoms with E-state index in [0.717, 1.165) is 46.6 Å². The number of aryl methyl sites for hydroxylation is 1. The quantitative estimate of drug-likeness (QED) is 0.771. The topological polar surface area (TPSA) is 69.4 Å². The maximum atomic E-state index is 9.86. The zero-order valence-corrected chi connectivity index (χ0v) is 15.2. The summed E-state index contributed by atoms with van der Waals surface area (Å²) in [4.78, 5) is 6.88. The third-order valence-electron chi connectivity index (χ3n) is 4.88.